The van der Waals surface area contributed by atoms with Gasteiger partial charge in [0.2, 0.25) is 0 Å². The third-order valence-corrected chi connectivity index (χ3v) is 2.63. The zero-order valence-electron chi connectivity index (χ0n) is 9.84. The molecule has 0 aliphatic heterocycles. The molecule has 0 spiro atoms. The maximum Gasteiger partial charge on any atom is 0.0478 e. The Hall–Kier alpha value is -0.570. The molecule has 0 unspecified atom stereocenters. The molecule has 2 nitrogen and oxygen atoms in total. The third kappa shape index (κ3) is 5.50. The van der Waals surface area contributed by atoms with E-state index in [9.17, 15) is 0 Å². The molecule has 1 rings (SSSR count). The lowest BCUT2D eigenvalue weighted by Crippen LogP contribution is -2.16. The summed E-state index contributed by atoms with van der Waals surface area (Å²) >= 11 is 6.04. The van der Waals surface area contributed by atoms with E-state index < -0.39 is 0 Å². The molecule has 0 aliphatic rings. The van der Waals surface area contributed by atoms with Crippen LogP contribution in [0.3, 0.4) is 0 Å². The van der Waals surface area contributed by atoms with Crippen molar-refractivity contribution < 1.29 is 4.74 Å². The highest BCUT2D eigenvalue weighted by molar-refractivity contribution is 6.31. The smallest absolute Gasteiger partial charge is 0.0478 e. The summed E-state index contributed by atoms with van der Waals surface area (Å²) in [7, 11) is 0. The third-order valence-electron chi connectivity index (χ3n) is 2.26. The number of rotatable bonds is 8. The maximum atomic E-state index is 6.04. The van der Waals surface area contributed by atoms with Crippen molar-refractivity contribution in [1.82, 2.24) is 5.32 Å². The van der Waals surface area contributed by atoms with Crippen molar-refractivity contribution in [2.24, 2.45) is 0 Å². The van der Waals surface area contributed by atoms with Crippen molar-refractivity contribution >= 4 is 11.6 Å². The normalized spacial score (nSPS) is 10.6. The van der Waals surface area contributed by atoms with Gasteiger partial charge in [-0.05, 0) is 31.0 Å². The summed E-state index contributed by atoms with van der Waals surface area (Å²) in [6.07, 6.45) is 2.14. The first-order chi connectivity index (χ1) is 7.84. The quantitative estimate of drug-likeness (QED) is 0.706. The fourth-order valence-corrected chi connectivity index (χ4v) is 1.61. The number of nitrogens with one attached hydrogen (secondary N) is 1. The molecule has 90 valence electrons. The van der Waals surface area contributed by atoms with Crippen molar-refractivity contribution in [3.8, 4) is 0 Å². The molecule has 3 heteroatoms. The van der Waals surface area contributed by atoms with Crippen LogP contribution in [0.4, 0.5) is 0 Å². The van der Waals surface area contributed by atoms with Gasteiger partial charge in [-0.25, -0.2) is 0 Å². The van der Waals surface area contributed by atoms with E-state index in [1.807, 2.05) is 24.3 Å². The van der Waals surface area contributed by atoms with E-state index in [-0.39, 0.29) is 0 Å². The Labute approximate surface area is 103 Å². The van der Waals surface area contributed by atoms with Crippen LogP contribution in [-0.4, -0.2) is 19.8 Å². The van der Waals surface area contributed by atoms with E-state index in [1.165, 1.54) is 0 Å². The summed E-state index contributed by atoms with van der Waals surface area (Å²) in [4.78, 5) is 0. The molecule has 0 amide bonds. The Morgan fingerprint density at radius 2 is 2.06 bits per heavy atom. The summed E-state index contributed by atoms with van der Waals surface area (Å²) in [6.45, 7) is 5.62. The van der Waals surface area contributed by atoms with Gasteiger partial charge < -0.3 is 10.1 Å². The number of hydrogen-bond acceptors (Lipinski definition) is 2. The molecule has 0 aromatic heterocycles. The Kier molecular flexibility index (Phi) is 7.23. The summed E-state index contributed by atoms with van der Waals surface area (Å²) in [5.74, 6) is 0. The van der Waals surface area contributed by atoms with Crippen molar-refractivity contribution in [1.29, 1.82) is 0 Å². The van der Waals surface area contributed by atoms with Crippen LogP contribution in [0, 0.1) is 0 Å². The van der Waals surface area contributed by atoms with Gasteiger partial charge >= 0.3 is 0 Å². The van der Waals surface area contributed by atoms with Crippen LogP contribution in [-0.2, 0) is 11.3 Å². The monoisotopic (exact) mass is 241 g/mol. The standard InChI is InChI=1S/C13H20ClNO/c1-2-9-16-10-5-8-15-11-12-6-3-4-7-13(12)14/h3-4,6-7,15H,2,5,8-11H2,1H3. The van der Waals surface area contributed by atoms with E-state index in [0.717, 1.165) is 49.7 Å². The molecule has 1 aromatic rings. The Morgan fingerprint density at radius 3 is 2.81 bits per heavy atom. The van der Waals surface area contributed by atoms with Gasteiger partial charge in [0.1, 0.15) is 0 Å². The highest BCUT2D eigenvalue weighted by Crippen LogP contribution is 2.13. The van der Waals surface area contributed by atoms with Gasteiger partial charge in [0.15, 0.2) is 0 Å². The second-order valence-corrected chi connectivity index (χ2v) is 4.14. The molecule has 0 saturated heterocycles. The molecule has 16 heavy (non-hydrogen) atoms. The van der Waals surface area contributed by atoms with Gasteiger partial charge in [0.05, 0.1) is 0 Å². The molecule has 1 aromatic carbocycles. The van der Waals surface area contributed by atoms with Crippen molar-refractivity contribution in [2.75, 3.05) is 19.8 Å². The minimum Gasteiger partial charge on any atom is -0.381 e. The molecule has 1 N–H and O–H groups in total. The zero-order chi connectivity index (χ0) is 11.6. The van der Waals surface area contributed by atoms with Crippen LogP contribution < -0.4 is 5.32 Å². The molecule has 0 heterocycles. The lowest BCUT2D eigenvalue weighted by atomic mass is 10.2. The number of hydrogen-bond donors (Lipinski definition) is 1. The van der Waals surface area contributed by atoms with Gasteiger partial charge in [-0.1, -0.05) is 36.7 Å². The Bertz CT molecular complexity index is 291. The van der Waals surface area contributed by atoms with Gasteiger partial charge in [0.25, 0.3) is 0 Å². The minimum atomic E-state index is 0.827. The average Bonchev–Trinajstić information content (AvgIpc) is 2.30. The number of ether oxygens (including phenoxy) is 1. The van der Waals surface area contributed by atoms with Crippen LogP contribution in [0.2, 0.25) is 5.02 Å². The first-order valence-electron chi connectivity index (χ1n) is 5.86. The minimum absolute atomic E-state index is 0.827. The molecular weight excluding hydrogens is 222 g/mol. The molecule has 0 saturated carbocycles. The van der Waals surface area contributed by atoms with E-state index in [2.05, 4.69) is 12.2 Å². The fraction of sp³-hybridized carbons (Fsp3) is 0.538. The summed E-state index contributed by atoms with van der Waals surface area (Å²) in [5, 5.41) is 4.19. The Morgan fingerprint density at radius 1 is 1.25 bits per heavy atom. The van der Waals surface area contributed by atoms with E-state index in [0.29, 0.717) is 0 Å². The average molecular weight is 242 g/mol. The van der Waals surface area contributed by atoms with E-state index in [4.69, 9.17) is 16.3 Å². The van der Waals surface area contributed by atoms with E-state index in [1.54, 1.807) is 0 Å². The highest BCUT2D eigenvalue weighted by atomic mass is 35.5. The van der Waals surface area contributed by atoms with Gasteiger partial charge in [-0.15, -0.1) is 0 Å². The summed E-state index contributed by atoms with van der Waals surface area (Å²) < 4.78 is 5.39. The van der Waals surface area contributed by atoms with Crippen LogP contribution in [0.1, 0.15) is 25.3 Å². The number of benzene rings is 1. The predicted octanol–water partition coefficient (Wildman–Crippen LogP) is 3.25. The number of halogens is 1. The summed E-state index contributed by atoms with van der Waals surface area (Å²) in [5.41, 5.74) is 1.15. The van der Waals surface area contributed by atoms with Crippen molar-refractivity contribution in [2.45, 2.75) is 26.3 Å². The molecule has 0 fully saturated rings. The van der Waals surface area contributed by atoms with Crippen LogP contribution in [0.15, 0.2) is 24.3 Å². The first kappa shape index (κ1) is 13.5. The molecule has 0 aliphatic carbocycles. The molecular formula is C13H20ClNO. The summed E-state index contributed by atoms with van der Waals surface area (Å²) in [6, 6.07) is 7.92. The Balaban J connectivity index is 2.05. The zero-order valence-corrected chi connectivity index (χ0v) is 10.6. The van der Waals surface area contributed by atoms with Crippen LogP contribution in [0.25, 0.3) is 0 Å². The second kappa shape index (κ2) is 8.57. The first-order valence-corrected chi connectivity index (χ1v) is 6.24. The lowest BCUT2D eigenvalue weighted by Gasteiger charge is -2.06. The van der Waals surface area contributed by atoms with Crippen molar-refractivity contribution in [3.05, 3.63) is 34.9 Å². The molecule has 0 bridgehead atoms. The van der Waals surface area contributed by atoms with Crippen molar-refractivity contribution in [3.63, 3.8) is 0 Å². The van der Waals surface area contributed by atoms with Crippen LogP contribution >= 0.6 is 11.6 Å². The van der Waals surface area contributed by atoms with Gasteiger partial charge in [-0.2, -0.15) is 0 Å². The maximum absolute atomic E-state index is 6.04. The topological polar surface area (TPSA) is 21.3 Å². The lowest BCUT2D eigenvalue weighted by molar-refractivity contribution is 0.132. The SMILES string of the molecule is CCCOCCCNCc1ccccc1Cl. The van der Waals surface area contributed by atoms with Gasteiger partial charge in [-0.3, -0.25) is 0 Å². The highest BCUT2D eigenvalue weighted by Gasteiger charge is 1.97. The van der Waals surface area contributed by atoms with Crippen LogP contribution in [0.5, 0.6) is 0 Å². The molecule has 0 atom stereocenters. The molecule has 0 radical (unpaired) electrons. The van der Waals surface area contributed by atoms with E-state index >= 15 is 0 Å². The largest absolute Gasteiger partial charge is 0.381 e. The van der Waals surface area contributed by atoms with Gasteiger partial charge in [0, 0.05) is 24.8 Å². The second-order valence-electron chi connectivity index (χ2n) is 3.73. The predicted molar refractivity (Wildman–Crippen MR) is 68.9 cm³/mol. The fourth-order valence-electron chi connectivity index (χ4n) is 1.41.